The molecule has 0 rings (SSSR count). The van der Waals surface area contributed by atoms with Crippen LogP contribution in [-0.4, -0.2) is 0 Å². The molecule has 0 amide bonds. The van der Waals surface area contributed by atoms with E-state index in [1.54, 1.807) is 0 Å². The van der Waals surface area contributed by atoms with Crippen LogP contribution in [0, 0.1) is 10.1 Å². The smallest absolute Gasteiger partial charge is 0.106 e. The topological polar surface area (TPSA) is 52.5 Å². The Hall–Kier alpha value is -0.860. The number of hydrogen-bond acceptors (Lipinski definition) is 3. The lowest BCUT2D eigenvalue weighted by Gasteiger charge is -1.51. The molecule has 0 radical (unpaired) electrons. The van der Waals surface area contributed by atoms with Gasteiger partial charge in [-0.1, -0.05) is 0 Å². The molecule has 5 heavy (non-hydrogen) atoms. The van der Waals surface area contributed by atoms with Crippen LogP contribution < -0.4 is 0 Å². The van der Waals surface area contributed by atoms with Gasteiger partial charge in [-0.25, -0.2) is 0 Å². The maximum absolute atomic E-state index is 8.00. The van der Waals surface area contributed by atoms with Crippen molar-refractivity contribution in [3.8, 4) is 0 Å². The third kappa shape index (κ3) is 5.52. The van der Waals surface area contributed by atoms with Crippen molar-refractivity contribution < 1.29 is 0 Å². The minimum Gasteiger partial charge on any atom is -0.444 e. The second kappa shape index (κ2) is 734. The summed E-state index contributed by atoms with van der Waals surface area (Å²) in [5, 5.41) is 9.00. The second-order valence-corrected chi connectivity index (χ2v) is 0.0745. The zero-order chi connectivity index (χ0) is 4.71. The molecule has 0 saturated carbocycles. The van der Waals surface area contributed by atoms with Gasteiger partial charge in [0, 0.05) is 0 Å². The molecule has 0 aromatic carbocycles. The summed E-state index contributed by atoms with van der Waals surface area (Å²) >= 11 is 0. The van der Waals surface area contributed by atoms with Crippen molar-refractivity contribution in [2.24, 2.45) is 5.34 Å². The molecule has 0 unspecified atom stereocenters. The van der Waals surface area contributed by atoms with E-state index >= 15 is 0 Å². The number of rotatable bonds is 0. The molecule has 0 aromatic rings. The molecule has 0 aliphatic carbocycles. The van der Waals surface area contributed by atoms with Crippen molar-refractivity contribution in [2.75, 3.05) is 0 Å². The van der Waals surface area contributed by atoms with E-state index in [0.29, 0.717) is 0 Å². The van der Waals surface area contributed by atoms with E-state index in [1.165, 1.54) is 0 Å². The van der Waals surface area contributed by atoms with Gasteiger partial charge in [0.25, 0.3) is 0 Å². The van der Waals surface area contributed by atoms with Gasteiger partial charge in [0.1, 0.15) is 0 Å². The molecule has 3 nitrogen and oxygen atoms in total. The number of nitrogens with zero attached hydrogens (tertiary/aromatic N) is 1. The highest BCUT2D eigenvalue weighted by atomic mass is 16.6. The van der Waals surface area contributed by atoms with Gasteiger partial charge in [-0.15, -0.1) is 18.5 Å². The van der Waals surface area contributed by atoms with Crippen LogP contribution in [0.2, 0.25) is 0 Å². The zero-order valence-electron chi connectivity index (χ0n) is 2.68. The molecule has 3 heteroatoms. The van der Waals surface area contributed by atoms with Crippen LogP contribution in [0.1, 0.15) is 0 Å². The average molecular weight is 74.1 g/mol. The lowest BCUT2D eigenvalue weighted by molar-refractivity contribution is 1.59. The van der Waals surface area contributed by atoms with Gasteiger partial charge in [-0.3, -0.25) is 0 Å². The largest absolute Gasteiger partial charge is 0.444 e. The fourth-order valence-corrected chi connectivity index (χ4v) is 0. The van der Waals surface area contributed by atoms with E-state index in [9.17, 15) is 0 Å². The van der Waals surface area contributed by atoms with Gasteiger partial charge in [-0.05, 0) is 0 Å². The first-order valence-corrected chi connectivity index (χ1v) is 0.865. The Morgan fingerprint density at radius 2 is 1.60 bits per heavy atom. The Bertz CT molecular complexity index is 21.6. The van der Waals surface area contributed by atoms with E-state index in [2.05, 4.69) is 13.2 Å². The maximum Gasteiger partial charge on any atom is -0.106 e. The van der Waals surface area contributed by atoms with E-state index in [4.69, 9.17) is 10.1 Å². The molecule has 0 fully saturated rings. The lowest BCUT2D eigenvalue weighted by Crippen LogP contribution is -1.12. The molecule has 0 spiro atoms. The first-order valence-electron chi connectivity index (χ1n) is 0.865. The van der Waals surface area contributed by atoms with Crippen molar-refractivity contribution in [3.63, 3.8) is 0 Å². The molecule has 0 aliphatic rings. The van der Waals surface area contributed by atoms with Gasteiger partial charge in [0.05, 0.1) is 0 Å². The quantitative estimate of drug-likeness (QED) is 0.245. The van der Waals surface area contributed by atoms with Crippen LogP contribution in [0.3, 0.4) is 0 Å². The molecule has 0 atom stereocenters. The predicted molar refractivity (Wildman–Crippen MR) is 20.4 cm³/mol. The second-order valence-electron chi connectivity index (χ2n) is 0.0745. The summed E-state index contributed by atoms with van der Waals surface area (Å²) in [6, 6.07) is 0. The monoisotopic (exact) mass is 74.0 g/mol. The van der Waals surface area contributed by atoms with Crippen molar-refractivity contribution in [1.82, 2.24) is 0 Å². The van der Waals surface area contributed by atoms with Crippen molar-refractivity contribution >= 4 is 0 Å². The van der Waals surface area contributed by atoms with Crippen LogP contribution >= 0.6 is 0 Å². The summed E-state index contributed by atoms with van der Waals surface area (Å²) in [4.78, 5) is 8.00. The maximum atomic E-state index is 8.00. The average Bonchev–Trinajstić information content (AvgIpc) is 1.46. The third-order valence-corrected chi connectivity index (χ3v) is 0. The van der Waals surface area contributed by atoms with Crippen LogP contribution in [0.4, 0.5) is 0 Å². The molecule has 0 N–H and O–H groups in total. The Balaban J connectivity index is 0. The highest BCUT2D eigenvalue weighted by molar-refractivity contribution is 4.22. The van der Waals surface area contributed by atoms with Gasteiger partial charge in [0.2, 0.25) is 0 Å². The Morgan fingerprint density at radius 3 is 1.60 bits per heavy atom. The fourth-order valence-electron chi connectivity index (χ4n) is 0. The zero-order valence-corrected chi connectivity index (χ0v) is 2.68. The summed E-state index contributed by atoms with van der Waals surface area (Å²) in [7, 11) is 0. The van der Waals surface area contributed by atoms with Gasteiger partial charge in [-0.2, -0.15) is 0 Å². The first-order chi connectivity index (χ1) is 2.41. The summed E-state index contributed by atoms with van der Waals surface area (Å²) in [5.41, 5.74) is 0. The highest BCUT2D eigenvalue weighted by Gasteiger charge is 0.958. The third-order valence-electron chi connectivity index (χ3n) is 0. The fraction of sp³-hybridized carbons (Fsp3) is 0. The number of hydrogen-bond donors (Lipinski definition) is 0. The van der Waals surface area contributed by atoms with Crippen LogP contribution in [-0.2, 0) is 0 Å². The minimum atomic E-state index is 1.00. The van der Waals surface area contributed by atoms with E-state index < -0.39 is 0 Å². The molecular weight excluding hydrogens is 70.0 g/mol. The Kier molecular flexibility index (Phi) is 1310. The molecule has 30 valence electrons. The SMILES string of the molecule is C=C.O=N[O-]. The highest BCUT2D eigenvalue weighted by Crippen LogP contribution is 1.34. The van der Waals surface area contributed by atoms with Gasteiger partial charge < -0.3 is 10.1 Å². The molecule has 0 saturated heterocycles. The molecular formula is C2H4NO2-. The molecule has 0 aliphatic heterocycles. The van der Waals surface area contributed by atoms with Crippen LogP contribution in [0.25, 0.3) is 0 Å². The minimum absolute atomic E-state index is 1.00. The Labute approximate surface area is 29.9 Å². The standard InChI is InChI=1S/C2H4.HNO2/c1-2;2-1-3/h1-2H2;(H,2,3)/p-1. The molecule has 0 heterocycles. The predicted octanol–water partition coefficient (Wildman–Crippen LogP) is 1.05. The van der Waals surface area contributed by atoms with E-state index in [-0.39, 0.29) is 0 Å². The van der Waals surface area contributed by atoms with Gasteiger partial charge >= 0.3 is 0 Å². The summed E-state index contributed by atoms with van der Waals surface area (Å²) in [5.74, 6) is 0. The molecule has 0 aromatic heterocycles. The van der Waals surface area contributed by atoms with Crippen molar-refractivity contribution in [1.29, 1.82) is 0 Å². The Morgan fingerprint density at radius 1 is 1.60 bits per heavy atom. The molecule has 0 bridgehead atoms. The van der Waals surface area contributed by atoms with Crippen molar-refractivity contribution in [3.05, 3.63) is 23.3 Å². The van der Waals surface area contributed by atoms with Crippen LogP contribution in [0.5, 0.6) is 0 Å². The van der Waals surface area contributed by atoms with Gasteiger partial charge in [0.15, 0.2) is 0 Å². The van der Waals surface area contributed by atoms with Crippen molar-refractivity contribution in [2.45, 2.75) is 0 Å². The summed E-state index contributed by atoms with van der Waals surface area (Å²) in [6.45, 7) is 6.00. The normalized spacial score (nSPS) is 3.20. The van der Waals surface area contributed by atoms with Crippen LogP contribution in [0.15, 0.2) is 18.5 Å². The first kappa shape index (κ1) is 8.91. The lowest BCUT2D eigenvalue weighted by atomic mass is 11.3. The summed E-state index contributed by atoms with van der Waals surface area (Å²) in [6.07, 6.45) is 0. The summed E-state index contributed by atoms with van der Waals surface area (Å²) < 4.78 is 0. The van der Waals surface area contributed by atoms with E-state index in [0.717, 1.165) is 5.34 Å². The van der Waals surface area contributed by atoms with E-state index in [1.807, 2.05) is 0 Å².